The molecule has 1 heterocycles. The highest BCUT2D eigenvalue weighted by atomic mass is 16.2. The van der Waals surface area contributed by atoms with Crippen LogP contribution in [-0.4, -0.2) is 17.1 Å². The summed E-state index contributed by atoms with van der Waals surface area (Å²) in [4.78, 5) is 15.9. The van der Waals surface area contributed by atoms with Crippen LogP contribution in [0.15, 0.2) is 30.5 Å². The average Bonchev–Trinajstić information content (AvgIpc) is 2.32. The molecule has 0 unspecified atom stereocenters. The molecule has 0 radical (unpaired) electrons. The van der Waals surface area contributed by atoms with Gasteiger partial charge in [-0.1, -0.05) is 0 Å². The fraction of sp³-hybridized carbons (Fsp3) is 0.231. The van der Waals surface area contributed by atoms with Gasteiger partial charge in [-0.2, -0.15) is 0 Å². The number of anilines is 2. The third-order valence-electron chi connectivity index (χ3n) is 2.47. The zero-order valence-corrected chi connectivity index (χ0v) is 10.4. The minimum Gasteiger partial charge on any atom is -0.397 e. The molecule has 1 aromatic heterocycles. The van der Waals surface area contributed by atoms with E-state index in [0.717, 1.165) is 5.39 Å². The van der Waals surface area contributed by atoms with Crippen LogP contribution in [0, 0.1) is 0 Å². The monoisotopic (exact) mass is 244 g/mol. The van der Waals surface area contributed by atoms with E-state index in [0.29, 0.717) is 16.9 Å². The summed E-state index contributed by atoms with van der Waals surface area (Å²) < 4.78 is 0. The van der Waals surface area contributed by atoms with E-state index in [4.69, 9.17) is 5.73 Å². The number of nitrogens with one attached hydrogen (secondary N) is 2. The maximum Gasteiger partial charge on any atom is 0.319 e. The number of pyridine rings is 1. The number of nitrogens with zero attached hydrogens (tertiary/aromatic N) is 1. The quantitative estimate of drug-likeness (QED) is 0.709. The molecule has 5 nitrogen and oxygen atoms in total. The van der Waals surface area contributed by atoms with Gasteiger partial charge in [-0.25, -0.2) is 4.79 Å². The lowest BCUT2D eigenvalue weighted by molar-refractivity contribution is 0.250. The summed E-state index contributed by atoms with van der Waals surface area (Å²) in [5, 5.41) is 6.40. The standard InChI is InChI=1S/C13H16N4O/c1-8(2)16-13(18)17-11-6-5-10(14)12-9(11)4-3-7-15-12/h3-8H,14H2,1-2H3,(H2,16,17,18). The number of hydrogen-bond donors (Lipinski definition) is 3. The summed E-state index contributed by atoms with van der Waals surface area (Å²) in [5.74, 6) is 0. The van der Waals surface area contributed by atoms with Crippen LogP contribution in [0.1, 0.15) is 13.8 Å². The van der Waals surface area contributed by atoms with Crippen LogP contribution in [0.5, 0.6) is 0 Å². The molecule has 0 atom stereocenters. The molecule has 2 rings (SSSR count). The van der Waals surface area contributed by atoms with Gasteiger partial charge in [0, 0.05) is 17.6 Å². The van der Waals surface area contributed by atoms with E-state index < -0.39 is 0 Å². The molecule has 0 spiro atoms. The number of urea groups is 1. The summed E-state index contributed by atoms with van der Waals surface area (Å²) in [6.07, 6.45) is 1.68. The van der Waals surface area contributed by atoms with Gasteiger partial charge in [0.05, 0.1) is 16.9 Å². The van der Waals surface area contributed by atoms with Gasteiger partial charge in [-0.05, 0) is 38.1 Å². The molecule has 0 saturated carbocycles. The molecule has 2 amide bonds. The van der Waals surface area contributed by atoms with E-state index in [1.54, 1.807) is 18.3 Å². The first-order valence-electron chi connectivity index (χ1n) is 5.78. The van der Waals surface area contributed by atoms with Crippen LogP contribution in [-0.2, 0) is 0 Å². The van der Waals surface area contributed by atoms with Crippen molar-refractivity contribution in [3.8, 4) is 0 Å². The molecule has 4 N–H and O–H groups in total. The molecular formula is C13H16N4O. The third kappa shape index (κ3) is 2.51. The smallest absolute Gasteiger partial charge is 0.319 e. The number of rotatable bonds is 2. The van der Waals surface area contributed by atoms with Crippen LogP contribution in [0.25, 0.3) is 10.9 Å². The van der Waals surface area contributed by atoms with Crippen molar-refractivity contribution in [2.45, 2.75) is 19.9 Å². The summed E-state index contributed by atoms with van der Waals surface area (Å²) in [6.45, 7) is 3.81. The summed E-state index contributed by atoms with van der Waals surface area (Å²) in [6, 6.07) is 7.06. The molecule has 0 bridgehead atoms. The molecule has 0 fully saturated rings. The van der Waals surface area contributed by atoms with E-state index in [-0.39, 0.29) is 12.1 Å². The number of amides is 2. The van der Waals surface area contributed by atoms with Gasteiger partial charge in [-0.3, -0.25) is 4.98 Å². The van der Waals surface area contributed by atoms with Crippen molar-refractivity contribution in [1.29, 1.82) is 0 Å². The summed E-state index contributed by atoms with van der Waals surface area (Å²) in [7, 11) is 0. The Bertz CT molecular complexity index is 580. The van der Waals surface area contributed by atoms with E-state index in [1.807, 2.05) is 26.0 Å². The molecule has 0 aliphatic rings. The molecule has 1 aromatic carbocycles. The fourth-order valence-electron chi connectivity index (χ4n) is 1.72. The van der Waals surface area contributed by atoms with Gasteiger partial charge in [-0.15, -0.1) is 0 Å². The van der Waals surface area contributed by atoms with Crippen molar-refractivity contribution >= 4 is 28.3 Å². The summed E-state index contributed by atoms with van der Waals surface area (Å²) >= 11 is 0. The highest BCUT2D eigenvalue weighted by molar-refractivity contribution is 6.04. The Morgan fingerprint density at radius 1 is 1.33 bits per heavy atom. The lowest BCUT2D eigenvalue weighted by Crippen LogP contribution is -2.34. The van der Waals surface area contributed by atoms with Crippen LogP contribution >= 0.6 is 0 Å². The largest absolute Gasteiger partial charge is 0.397 e. The zero-order valence-electron chi connectivity index (χ0n) is 10.4. The fourth-order valence-corrected chi connectivity index (χ4v) is 1.72. The van der Waals surface area contributed by atoms with E-state index in [1.165, 1.54) is 0 Å². The number of fused-ring (bicyclic) bond motifs is 1. The number of carbonyl (C=O) groups excluding carboxylic acids is 1. The number of nitrogens with two attached hydrogens (primary N) is 1. The van der Waals surface area contributed by atoms with Crippen molar-refractivity contribution in [3.63, 3.8) is 0 Å². The molecular weight excluding hydrogens is 228 g/mol. The van der Waals surface area contributed by atoms with Crippen molar-refractivity contribution in [3.05, 3.63) is 30.5 Å². The average molecular weight is 244 g/mol. The van der Waals surface area contributed by atoms with Crippen LogP contribution in [0.4, 0.5) is 16.2 Å². The highest BCUT2D eigenvalue weighted by Gasteiger charge is 2.08. The molecule has 5 heteroatoms. The Balaban J connectivity index is 2.34. The minimum atomic E-state index is -0.236. The van der Waals surface area contributed by atoms with E-state index in [9.17, 15) is 4.79 Å². The van der Waals surface area contributed by atoms with Gasteiger partial charge in [0.15, 0.2) is 0 Å². The number of aromatic nitrogens is 1. The van der Waals surface area contributed by atoms with Crippen molar-refractivity contribution in [2.24, 2.45) is 0 Å². The molecule has 18 heavy (non-hydrogen) atoms. The molecule has 0 aliphatic carbocycles. The van der Waals surface area contributed by atoms with Gasteiger partial charge >= 0.3 is 6.03 Å². The van der Waals surface area contributed by atoms with Gasteiger partial charge < -0.3 is 16.4 Å². The van der Waals surface area contributed by atoms with Crippen molar-refractivity contribution < 1.29 is 4.79 Å². The van der Waals surface area contributed by atoms with Gasteiger partial charge in [0.2, 0.25) is 0 Å². The molecule has 0 saturated heterocycles. The second-order valence-corrected chi connectivity index (χ2v) is 4.36. The second-order valence-electron chi connectivity index (χ2n) is 4.36. The zero-order chi connectivity index (χ0) is 13.1. The topological polar surface area (TPSA) is 80.0 Å². The number of carbonyl (C=O) groups is 1. The Kier molecular flexibility index (Phi) is 3.32. The summed E-state index contributed by atoms with van der Waals surface area (Å²) in [5.41, 5.74) is 7.84. The number of benzene rings is 1. The minimum absolute atomic E-state index is 0.0863. The predicted octanol–water partition coefficient (Wildman–Crippen LogP) is 2.35. The maximum absolute atomic E-state index is 11.7. The van der Waals surface area contributed by atoms with Crippen LogP contribution < -0.4 is 16.4 Å². The van der Waals surface area contributed by atoms with Crippen molar-refractivity contribution in [2.75, 3.05) is 11.1 Å². The molecule has 2 aromatic rings. The Hall–Kier alpha value is -2.30. The second kappa shape index (κ2) is 4.91. The van der Waals surface area contributed by atoms with Gasteiger partial charge in [0.25, 0.3) is 0 Å². The van der Waals surface area contributed by atoms with Crippen LogP contribution in [0.2, 0.25) is 0 Å². The SMILES string of the molecule is CC(C)NC(=O)Nc1ccc(N)c2ncccc12. The van der Waals surface area contributed by atoms with E-state index >= 15 is 0 Å². The number of hydrogen-bond acceptors (Lipinski definition) is 3. The number of nitrogen functional groups attached to an aromatic ring is 1. The Morgan fingerprint density at radius 3 is 2.83 bits per heavy atom. The normalized spacial score (nSPS) is 10.6. The first-order valence-corrected chi connectivity index (χ1v) is 5.78. The molecule has 0 aliphatic heterocycles. The Morgan fingerprint density at radius 2 is 2.11 bits per heavy atom. The molecule has 94 valence electrons. The first kappa shape index (κ1) is 12.2. The van der Waals surface area contributed by atoms with E-state index in [2.05, 4.69) is 15.6 Å². The first-order chi connectivity index (χ1) is 8.58. The van der Waals surface area contributed by atoms with Crippen molar-refractivity contribution in [1.82, 2.24) is 10.3 Å². The maximum atomic E-state index is 11.7. The predicted molar refractivity (Wildman–Crippen MR) is 73.4 cm³/mol. The lowest BCUT2D eigenvalue weighted by Gasteiger charge is -2.12. The highest BCUT2D eigenvalue weighted by Crippen LogP contribution is 2.26. The third-order valence-corrected chi connectivity index (χ3v) is 2.47. The Labute approximate surface area is 105 Å². The van der Waals surface area contributed by atoms with Gasteiger partial charge in [0.1, 0.15) is 0 Å². The lowest BCUT2D eigenvalue weighted by atomic mass is 10.1. The van der Waals surface area contributed by atoms with Crippen LogP contribution in [0.3, 0.4) is 0 Å².